The Balaban J connectivity index is 2.00. The van der Waals surface area contributed by atoms with Gasteiger partial charge in [0.1, 0.15) is 5.65 Å². The Morgan fingerprint density at radius 2 is 2.00 bits per heavy atom. The molecule has 2 heterocycles. The van der Waals surface area contributed by atoms with Gasteiger partial charge in [-0.2, -0.15) is 0 Å². The van der Waals surface area contributed by atoms with Crippen LogP contribution in [0.25, 0.3) is 16.9 Å². The smallest absolute Gasteiger partial charge is 0.338 e. The number of benzene rings is 1. The second-order valence-corrected chi connectivity index (χ2v) is 4.83. The van der Waals surface area contributed by atoms with Crippen molar-refractivity contribution in [2.24, 2.45) is 0 Å². The molecule has 4 nitrogen and oxygen atoms in total. The summed E-state index contributed by atoms with van der Waals surface area (Å²) in [5.41, 5.74) is 4.66. The lowest BCUT2D eigenvalue weighted by molar-refractivity contribution is 0.0526. The number of carbonyl (C=O) groups excluding carboxylic acids is 1. The average molecular weight is 280 g/mol. The number of pyridine rings is 1. The lowest BCUT2D eigenvalue weighted by Crippen LogP contribution is -2.04. The van der Waals surface area contributed by atoms with Gasteiger partial charge in [0.25, 0.3) is 0 Å². The molecule has 0 radical (unpaired) electrons. The minimum Gasteiger partial charge on any atom is -0.462 e. The molecule has 3 rings (SSSR count). The predicted molar refractivity (Wildman–Crippen MR) is 81.3 cm³/mol. The molecule has 0 N–H and O–H groups in total. The SMILES string of the molecule is CCOC(=O)c1ccc(-c2cnc3c(C)cccn23)cc1. The van der Waals surface area contributed by atoms with Gasteiger partial charge in [-0.3, -0.25) is 4.40 Å². The van der Waals surface area contributed by atoms with Gasteiger partial charge in [-0.1, -0.05) is 18.2 Å². The van der Waals surface area contributed by atoms with Gasteiger partial charge in [0.2, 0.25) is 0 Å². The van der Waals surface area contributed by atoms with Crippen LogP contribution in [0, 0.1) is 6.92 Å². The highest BCUT2D eigenvalue weighted by atomic mass is 16.5. The first-order valence-corrected chi connectivity index (χ1v) is 6.91. The van der Waals surface area contributed by atoms with Crippen LogP contribution < -0.4 is 0 Å². The summed E-state index contributed by atoms with van der Waals surface area (Å²) in [6.07, 6.45) is 3.84. The molecule has 0 saturated carbocycles. The molecule has 0 fully saturated rings. The van der Waals surface area contributed by atoms with Gasteiger partial charge < -0.3 is 4.74 Å². The molecule has 0 amide bonds. The predicted octanol–water partition coefficient (Wildman–Crippen LogP) is 3.49. The highest BCUT2D eigenvalue weighted by Crippen LogP contribution is 2.22. The van der Waals surface area contributed by atoms with Crippen molar-refractivity contribution in [1.29, 1.82) is 0 Å². The number of imidazole rings is 1. The molecule has 0 aliphatic heterocycles. The van der Waals surface area contributed by atoms with Gasteiger partial charge in [-0.15, -0.1) is 0 Å². The van der Waals surface area contributed by atoms with Gasteiger partial charge in [0, 0.05) is 11.8 Å². The normalized spacial score (nSPS) is 10.8. The van der Waals surface area contributed by atoms with E-state index in [1.165, 1.54) is 0 Å². The maximum atomic E-state index is 11.7. The number of nitrogens with zero attached hydrogens (tertiary/aromatic N) is 2. The zero-order valence-corrected chi connectivity index (χ0v) is 12.0. The summed E-state index contributed by atoms with van der Waals surface area (Å²) in [5, 5.41) is 0. The summed E-state index contributed by atoms with van der Waals surface area (Å²) in [6.45, 7) is 4.22. The minimum absolute atomic E-state index is 0.293. The number of hydrogen-bond acceptors (Lipinski definition) is 3. The number of rotatable bonds is 3. The molecule has 1 aromatic carbocycles. The van der Waals surface area contributed by atoms with Gasteiger partial charge in [-0.25, -0.2) is 9.78 Å². The van der Waals surface area contributed by atoms with E-state index < -0.39 is 0 Å². The van der Waals surface area contributed by atoms with E-state index in [0.29, 0.717) is 12.2 Å². The second kappa shape index (κ2) is 5.40. The highest BCUT2D eigenvalue weighted by Gasteiger charge is 2.09. The number of aromatic nitrogens is 2. The molecular formula is C17H16N2O2. The molecule has 0 aliphatic rings. The number of fused-ring (bicyclic) bond motifs is 1. The van der Waals surface area contributed by atoms with Crippen LogP contribution in [-0.2, 0) is 4.74 Å². The fourth-order valence-corrected chi connectivity index (χ4v) is 2.36. The van der Waals surface area contributed by atoms with Crippen LogP contribution in [0.15, 0.2) is 48.8 Å². The molecule has 21 heavy (non-hydrogen) atoms. The molecule has 0 bridgehead atoms. The summed E-state index contributed by atoms with van der Waals surface area (Å²) >= 11 is 0. The molecular weight excluding hydrogens is 264 g/mol. The van der Waals surface area contributed by atoms with Crippen molar-refractivity contribution in [3.8, 4) is 11.3 Å². The van der Waals surface area contributed by atoms with Crippen molar-refractivity contribution in [2.75, 3.05) is 6.61 Å². The third-order valence-electron chi connectivity index (χ3n) is 3.42. The molecule has 0 spiro atoms. The van der Waals surface area contributed by atoms with E-state index in [1.807, 2.05) is 43.6 Å². The molecule has 0 aliphatic carbocycles. The first-order chi connectivity index (χ1) is 10.2. The van der Waals surface area contributed by atoms with Crippen LogP contribution in [0.1, 0.15) is 22.8 Å². The van der Waals surface area contributed by atoms with Gasteiger partial charge in [-0.05, 0) is 37.6 Å². The van der Waals surface area contributed by atoms with Crippen molar-refractivity contribution >= 4 is 11.6 Å². The summed E-state index contributed by atoms with van der Waals surface area (Å²) in [6, 6.07) is 11.4. The van der Waals surface area contributed by atoms with Crippen molar-refractivity contribution in [1.82, 2.24) is 9.38 Å². The van der Waals surface area contributed by atoms with Crippen LogP contribution in [0.3, 0.4) is 0 Å². The number of carbonyl (C=O) groups is 1. The Labute approximate surface area is 123 Å². The Kier molecular flexibility index (Phi) is 3.44. The maximum Gasteiger partial charge on any atom is 0.338 e. The molecule has 0 saturated heterocycles. The van der Waals surface area contributed by atoms with Gasteiger partial charge >= 0.3 is 5.97 Å². The van der Waals surface area contributed by atoms with Crippen LogP contribution in [-0.4, -0.2) is 22.0 Å². The first kappa shape index (κ1) is 13.4. The summed E-state index contributed by atoms with van der Waals surface area (Å²) in [7, 11) is 0. The van der Waals surface area contributed by atoms with E-state index in [1.54, 1.807) is 19.1 Å². The van der Waals surface area contributed by atoms with E-state index in [9.17, 15) is 4.79 Å². The van der Waals surface area contributed by atoms with Gasteiger partial charge in [0.15, 0.2) is 0 Å². The maximum absolute atomic E-state index is 11.7. The fourth-order valence-electron chi connectivity index (χ4n) is 2.36. The van der Waals surface area contributed by atoms with Crippen molar-refractivity contribution in [2.45, 2.75) is 13.8 Å². The Morgan fingerprint density at radius 1 is 1.24 bits per heavy atom. The third-order valence-corrected chi connectivity index (χ3v) is 3.42. The number of hydrogen-bond donors (Lipinski definition) is 0. The van der Waals surface area contributed by atoms with Crippen LogP contribution in [0.5, 0.6) is 0 Å². The topological polar surface area (TPSA) is 43.6 Å². The van der Waals surface area contributed by atoms with Crippen molar-refractivity contribution in [3.05, 3.63) is 59.9 Å². The Hall–Kier alpha value is -2.62. The van der Waals surface area contributed by atoms with Crippen LogP contribution in [0.4, 0.5) is 0 Å². The van der Waals surface area contributed by atoms with Crippen LogP contribution in [0.2, 0.25) is 0 Å². The van der Waals surface area contributed by atoms with E-state index in [4.69, 9.17) is 4.74 Å². The molecule has 0 atom stereocenters. The number of esters is 1. The lowest BCUT2D eigenvalue weighted by Gasteiger charge is -2.05. The van der Waals surface area contributed by atoms with E-state index >= 15 is 0 Å². The first-order valence-electron chi connectivity index (χ1n) is 6.91. The monoisotopic (exact) mass is 280 g/mol. The molecule has 106 valence electrons. The summed E-state index contributed by atoms with van der Waals surface area (Å²) < 4.78 is 7.04. The Bertz CT molecular complexity index is 788. The fraction of sp³-hybridized carbons (Fsp3) is 0.176. The summed E-state index contributed by atoms with van der Waals surface area (Å²) in [5.74, 6) is -0.293. The molecule has 2 aromatic heterocycles. The second-order valence-electron chi connectivity index (χ2n) is 4.83. The summed E-state index contributed by atoms with van der Waals surface area (Å²) in [4.78, 5) is 16.1. The number of aryl methyl sites for hydroxylation is 1. The third kappa shape index (κ3) is 2.40. The van der Waals surface area contributed by atoms with E-state index in [-0.39, 0.29) is 5.97 Å². The zero-order valence-electron chi connectivity index (χ0n) is 12.0. The molecule has 3 aromatic rings. The Morgan fingerprint density at radius 3 is 2.71 bits per heavy atom. The molecule has 0 unspecified atom stereocenters. The largest absolute Gasteiger partial charge is 0.462 e. The lowest BCUT2D eigenvalue weighted by atomic mass is 10.1. The standard InChI is InChI=1S/C17H16N2O2/c1-3-21-17(20)14-8-6-13(7-9-14)15-11-18-16-12(2)5-4-10-19(15)16/h4-11H,3H2,1-2H3. The minimum atomic E-state index is -0.293. The average Bonchev–Trinajstić information content (AvgIpc) is 2.93. The van der Waals surface area contributed by atoms with E-state index in [0.717, 1.165) is 22.5 Å². The van der Waals surface area contributed by atoms with Crippen molar-refractivity contribution < 1.29 is 9.53 Å². The quantitative estimate of drug-likeness (QED) is 0.690. The van der Waals surface area contributed by atoms with Crippen molar-refractivity contribution in [3.63, 3.8) is 0 Å². The van der Waals surface area contributed by atoms with Gasteiger partial charge in [0.05, 0.1) is 24.1 Å². The highest BCUT2D eigenvalue weighted by molar-refractivity contribution is 5.90. The molecule has 4 heteroatoms. The zero-order chi connectivity index (χ0) is 14.8. The van der Waals surface area contributed by atoms with E-state index in [2.05, 4.69) is 9.38 Å². The number of ether oxygens (including phenoxy) is 1. The van der Waals surface area contributed by atoms with Crippen LogP contribution >= 0.6 is 0 Å².